The van der Waals surface area contributed by atoms with Gasteiger partial charge in [0.2, 0.25) is 0 Å². The molecular formula is C16H25BrN2O2. The number of rotatable bonds is 8. The minimum absolute atomic E-state index is 0.0205. The third-order valence-corrected chi connectivity index (χ3v) is 3.61. The van der Waals surface area contributed by atoms with Gasteiger partial charge in [0.15, 0.2) is 6.61 Å². The fourth-order valence-corrected chi connectivity index (χ4v) is 2.43. The number of carbonyl (C=O) groups excluding carboxylic acids is 1. The summed E-state index contributed by atoms with van der Waals surface area (Å²) in [6, 6.07) is 5.86. The lowest BCUT2D eigenvalue weighted by atomic mass is 10.1. The van der Waals surface area contributed by atoms with Gasteiger partial charge in [-0.1, -0.05) is 26.0 Å². The molecule has 0 radical (unpaired) electrons. The molecule has 0 saturated heterocycles. The molecule has 1 atom stereocenters. The Morgan fingerprint density at radius 3 is 2.71 bits per heavy atom. The maximum absolute atomic E-state index is 11.8. The van der Waals surface area contributed by atoms with Crippen molar-refractivity contribution < 1.29 is 9.53 Å². The van der Waals surface area contributed by atoms with E-state index < -0.39 is 0 Å². The van der Waals surface area contributed by atoms with E-state index in [9.17, 15) is 4.79 Å². The molecule has 0 saturated carbocycles. The molecule has 0 aliphatic rings. The number of amides is 1. The summed E-state index contributed by atoms with van der Waals surface area (Å²) in [5, 5.41) is 2.86. The summed E-state index contributed by atoms with van der Waals surface area (Å²) >= 11 is 3.46. The number of nitrogens with one attached hydrogen (secondary N) is 1. The number of carbonyl (C=O) groups is 1. The Hall–Kier alpha value is -1.07. The highest BCUT2D eigenvalue weighted by atomic mass is 79.9. The van der Waals surface area contributed by atoms with Crippen LogP contribution in [0.5, 0.6) is 5.75 Å². The van der Waals surface area contributed by atoms with Crippen molar-refractivity contribution in [1.82, 2.24) is 5.32 Å². The summed E-state index contributed by atoms with van der Waals surface area (Å²) in [5.41, 5.74) is 6.85. The van der Waals surface area contributed by atoms with E-state index in [1.165, 1.54) is 0 Å². The van der Waals surface area contributed by atoms with Gasteiger partial charge in [0.25, 0.3) is 5.91 Å². The lowest BCUT2D eigenvalue weighted by Crippen LogP contribution is -2.30. The highest BCUT2D eigenvalue weighted by Gasteiger charge is 2.11. The molecule has 1 rings (SSSR count). The third-order valence-electron chi connectivity index (χ3n) is 2.98. The molecule has 1 aromatic carbocycles. The standard InChI is InChI=1S/C16H25BrN2O2/c1-11(2)7-8-19-15(20)10-21-16-13(9-12(3)18)5-4-6-14(16)17/h4-6,11-12H,7-10,18H2,1-3H3,(H,19,20). The van der Waals surface area contributed by atoms with Crippen molar-refractivity contribution >= 4 is 21.8 Å². The van der Waals surface area contributed by atoms with E-state index in [1.54, 1.807) is 0 Å². The fourth-order valence-electron chi connectivity index (χ4n) is 1.91. The van der Waals surface area contributed by atoms with Crippen LogP contribution in [0.2, 0.25) is 0 Å². The Kier molecular flexibility index (Phi) is 7.75. The summed E-state index contributed by atoms with van der Waals surface area (Å²) in [7, 11) is 0. The monoisotopic (exact) mass is 356 g/mol. The van der Waals surface area contributed by atoms with Gasteiger partial charge in [-0.15, -0.1) is 0 Å². The molecule has 0 bridgehead atoms. The predicted octanol–water partition coefficient (Wildman–Crippen LogP) is 2.88. The Bertz CT molecular complexity index is 462. The number of halogens is 1. The molecule has 0 spiro atoms. The first kappa shape index (κ1) is 18.0. The van der Waals surface area contributed by atoms with E-state index >= 15 is 0 Å². The second kappa shape index (κ2) is 9.05. The van der Waals surface area contributed by atoms with E-state index in [0.29, 0.717) is 24.6 Å². The van der Waals surface area contributed by atoms with Gasteiger partial charge >= 0.3 is 0 Å². The van der Waals surface area contributed by atoms with Crippen LogP contribution in [0.3, 0.4) is 0 Å². The van der Waals surface area contributed by atoms with Crippen molar-refractivity contribution in [3.8, 4) is 5.75 Å². The highest BCUT2D eigenvalue weighted by molar-refractivity contribution is 9.10. The van der Waals surface area contributed by atoms with Gasteiger partial charge in [0.05, 0.1) is 4.47 Å². The van der Waals surface area contributed by atoms with E-state index in [0.717, 1.165) is 16.5 Å². The van der Waals surface area contributed by atoms with Crippen LogP contribution < -0.4 is 15.8 Å². The van der Waals surface area contributed by atoms with Crippen molar-refractivity contribution in [2.45, 2.75) is 39.7 Å². The van der Waals surface area contributed by atoms with Crippen LogP contribution in [-0.2, 0) is 11.2 Å². The van der Waals surface area contributed by atoms with Gasteiger partial charge in [-0.25, -0.2) is 0 Å². The van der Waals surface area contributed by atoms with Crippen LogP contribution in [0.4, 0.5) is 0 Å². The quantitative estimate of drug-likeness (QED) is 0.752. The fraction of sp³-hybridized carbons (Fsp3) is 0.562. The van der Waals surface area contributed by atoms with Crippen molar-refractivity contribution in [3.05, 3.63) is 28.2 Å². The Labute approximate surface area is 135 Å². The zero-order chi connectivity index (χ0) is 15.8. The van der Waals surface area contributed by atoms with Gasteiger partial charge in [-0.2, -0.15) is 0 Å². The van der Waals surface area contributed by atoms with Gasteiger partial charge in [-0.3, -0.25) is 4.79 Å². The Morgan fingerprint density at radius 1 is 1.38 bits per heavy atom. The number of hydrogen-bond acceptors (Lipinski definition) is 3. The molecular weight excluding hydrogens is 332 g/mol. The van der Waals surface area contributed by atoms with Crippen LogP contribution in [-0.4, -0.2) is 25.1 Å². The molecule has 1 aromatic rings. The van der Waals surface area contributed by atoms with Crippen LogP contribution in [0.15, 0.2) is 22.7 Å². The van der Waals surface area contributed by atoms with Crippen LogP contribution >= 0.6 is 15.9 Å². The van der Waals surface area contributed by atoms with Gasteiger partial charge in [0.1, 0.15) is 5.75 Å². The minimum Gasteiger partial charge on any atom is -0.482 e. The molecule has 0 aromatic heterocycles. The molecule has 118 valence electrons. The van der Waals surface area contributed by atoms with E-state index in [1.807, 2.05) is 25.1 Å². The third kappa shape index (κ3) is 6.96. The first-order chi connectivity index (χ1) is 9.90. The number of ether oxygens (including phenoxy) is 1. The molecule has 3 N–H and O–H groups in total. The maximum atomic E-state index is 11.8. The molecule has 4 nitrogen and oxygen atoms in total. The second-order valence-electron chi connectivity index (χ2n) is 5.73. The second-order valence-corrected chi connectivity index (χ2v) is 6.58. The average molecular weight is 357 g/mol. The van der Waals surface area contributed by atoms with Crippen LogP contribution in [0.25, 0.3) is 0 Å². The maximum Gasteiger partial charge on any atom is 0.257 e. The van der Waals surface area contributed by atoms with Crippen LogP contribution in [0.1, 0.15) is 32.8 Å². The minimum atomic E-state index is -0.0989. The molecule has 0 fully saturated rings. The molecule has 1 amide bonds. The van der Waals surface area contributed by atoms with Gasteiger partial charge in [-0.05, 0) is 53.2 Å². The summed E-state index contributed by atoms with van der Waals surface area (Å²) in [6.45, 7) is 6.91. The zero-order valence-electron chi connectivity index (χ0n) is 13.0. The summed E-state index contributed by atoms with van der Waals surface area (Å²) in [6.07, 6.45) is 1.68. The Balaban J connectivity index is 2.56. The summed E-state index contributed by atoms with van der Waals surface area (Å²) in [5.74, 6) is 1.18. The molecule has 0 aliphatic carbocycles. The molecule has 1 unspecified atom stereocenters. The van der Waals surface area contributed by atoms with E-state index in [-0.39, 0.29) is 18.6 Å². The van der Waals surface area contributed by atoms with E-state index in [4.69, 9.17) is 10.5 Å². The van der Waals surface area contributed by atoms with Crippen molar-refractivity contribution in [1.29, 1.82) is 0 Å². The average Bonchev–Trinajstić information content (AvgIpc) is 2.37. The molecule has 0 heterocycles. The molecule has 0 aliphatic heterocycles. The topological polar surface area (TPSA) is 64.3 Å². The van der Waals surface area contributed by atoms with Gasteiger partial charge in [0, 0.05) is 12.6 Å². The molecule has 21 heavy (non-hydrogen) atoms. The first-order valence-corrected chi connectivity index (χ1v) is 8.12. The van der Waals surface area contributed by atoms with Crippen molar-refractivity contribution in [2.24, 2.45) is 11.7 Å². The number of hydrogen-bond donors (Lipinski definition) is 2. The lowest BCUT2D eigenvalue weighted by molar-refractivity contribution is -0.123. The lowest BCUT2D eigenvalue weighted by Gasteiger charge is -2.15. The van der Waals surface area contributed by atoms with Crippen molar-refractivity contribution in [2.75, 3.05) is 13.2 Å². The smallest absolute Gasteiger partial charge is 0.257 e. The van der Waals surface area contributed by atoms with Crippen molar-refractivity contribution in [3.63, 3.8) is 0 Å². The Morgan fingerprint density at radius 2 is 2.10 bits per heavy atom. The predicted molar refractivity (Wildman–Crippen MR) is 89.5 cm³/mol. The largest absolute Gasteiger partial charge is 0.482 e. The summed E-state index contributed by atoms with van der Waals surface area (Å²) in [4.78, 5) is 11.8. The molecule has 5 heteroatoms. The SMILES string of the molecule is CC(C)CCNC(=O)COc1c(Br)cccc1CC(C)N. The first-order valence-electron chi connectivity index (χ1n) is 7.32. The summed E-state index contributed by atoms with van der Waals surface area (Å²) < 4.78 is 6.52. The number of nitrogens with two attached hydrogens (primary N) is 1. The van der Waals surface area contributed by atoms with Gasteiger partial charge < -0.3 is 15.8 Å². The number of benzene rings is 1. The van der Waals surface area contributed by atoms with Crippen LogP contribution in [0, 0.1) is 5.92 Å². The van der Waals surface area contributed by atoms with E-state index in [2.05, 4.69) is 35.1 Å². The normalized spacial score (nSPS) is 12.3. The number of para-hydroxylation sites is 1. The highest BCUT2D eigenvalue weighted by Crippen LogP contribution is 2.29. The zero-order valence-corrected chi connectivity index (χ0v) is 14.6.